The van der Waals surface area contributed by atoms with E-state index in [1.54, 1.807) is 5.01 Å². The molecular formula is C4H9N3. The van der Waals surface area contributed by atoms with Crippen LogP contribution in [-0.2, 0) is 0 Å². The molecule has 1 rings (SSSR count). The molecule has 40 valence electrons. The largest absolute Gasteiger partial charge is 0.310 e. The zero-order valence-electron chi connectivity index (χ0n) is 4.17. The maximum absolute atomic E-state index is 5.43. The summed E-state index contributed by atoms with van der Waals surface area (Å²) in [4.78, 5) is 0. The summed E-state index contributed by atoms with van der Waals surface area (Å²) < 4.78 is 0. The van der Waals surface area contributed by atoms with Crippen LogP contribution in [0.4, 0.5) is 0 Å². The topological polar surface area (TPSA) is 41.6 Å². The minimum atomic E-state index is 0.150. The molecule has 0 aromatic carbocycles. The Kier molecular flexibility index (Phi) is 0.982. The van der Waals surface area contributed by atoms with Crippen LogP contribution in [0, 0.1) is 0 Å². The maximum atomic E-state index is 5.43. The van der Waals surface area contributed by atoms with E-state index in [0.717, 1.165) is 13.0 Å². The number of hydrazone groups is 1. The molecule has 1 saturated heterocycles. The molecule has 0 aromatic rings. The lowest BCUT2D eigenvalue weighted by Gasteiger charge is -2.34. The van der Waals surface area contributed by atoms with Crippen LogP contribution in [0.5, 0.6) is 0 Å². The van der Waals surface area contributed by atoms with Crippen molar-refractivity contribution in [3.8, 4) is 0 Å². The highest BCUT2D eigenvalue weighted by atomic mass is 15.5. The Hall–Kier alpha value is -0.570. The van der Waals surface area contributed by atoms with Crippen LogP contribution in [0.2, 0.25) is 0 Å². The van der Waals surface area contributed by atoms with Crippen molar-refractivity contribution in [2.45, 2.75) is 12.6 Å². The second-order valence-corrected chi connectivity index (χ2v) is 1.66. The van der Waals surface area contributed by atoms with E-state index >= 15 is 0 Å². The molecule has 0 amide bonds. The second-order valence-electron chi connectivity index (χ2n) is 1.66. The van der Waals surface area contributed by atoms with Gasteiger partial charge in [-0.15, -0.1) is 0 Å². The van der Waals surface area contributed by atoms with Crippen molar-refractivity contribution in [3.63, 3.8) is 0 Å². The summed E-state index contributed by atoms with van der Waals surface area (Å²) in [7, 11) is 0. The first-order valence-electron chi connectivity index (χ1n) is 2.33. The monoisotopic (exact) mass is 99.1 g/mol. The standard InChI is InChI=1S/C4H9N3/c1-6-7-3-2-4(7)5/h4H,1-3,5H2. The number of nitrogens with two attached hydrogens (primary N) is 1. The number of hydrogen-bond acceptors (Lipinski definition) is 3. The predicted molar refractivity (Wildman–Crippen MR) is 28.8 cm³/mol. The Morgan fingerprint density at radius 2 is 2.57 bits per heavy atom. The summed E-state index contributed by atoms with van der Waals surface area (Å²) in [5.41, 5.74) is 5.43. The quantitative estimate of drug-likeness (QED) is 0.454. The van der Waals surface area contributed by atoms with Crippen molar-refractivity contribution in [2.75, 3.05) is 6.54 Å². The Bertz CT molecular complexity index is 81.0. The van der Waals surface area contributed by atoms with Gasteiger partial charge in [0.25, 0.3) is 0 Å². The van der Waals surface area contributed by atoms with Crippen LogP contribution in [-0.4, -0.2) is 24.4 Å². The van der Waals surface area contributed by atoms with Gasteiger partial charge in [-0.05, 0) is 0 Å². The smallest absolute Gasteiger partial charge is 0.0956 e. The lowest BCUT2D eigenvalue weighted by molar-refractivity contribution is 0.102. The fourth-order valence-corrected chi connectivity index (χ4v) is 0.569. The molecule has 0 aromatic heterocycles. The molecule has 1 aliphatic rings. The fourth-order valence-electron chi connectivity index (χ4n) is 0.569. The van der Waals surface area contributed by atoms with Crippen molar-refractivity contribution in [1.29, 1.82) is 0 Å². The van der Waals surface area contributed by atoms with Crippen molar-refractivity contribution in [1.82, 2.24) is 5.01 Å². The highest BCUT2D eigenvalue weighted by Gasteiger charge is 2.20. The van der Waals surface area contributed by atoms with Gasteiger partial charge in [0.15, 0.2) is 0 Å². The third kappa shape index (κ3) is 0.587. The summed E-state index contributed by atoms with van der Waals surface area (Å²) in [6.45, 7) is 4.31. The van der Waals surface area contributed by atoms with E-state index < -0.39 is 0 Å². The van der Waals surface area contributed by atoms with Gasteiger partial charge in [-0.1, -0.05) is 0 Å². The van der Waals surface area contributed by atoms with E-state index in [0.29, 0.717) is 0 Å². The minimum Gasteiger partial charge on any atom is -0.310 e. The van der Waals surface area contributed by atoms with E-state index in [1.807, 2.05) is 0 Å². The van der Waals surface area contributed by atoms with Gasteiger partial charge in [0, 0.05) is 19.7 Å². The lowest BCUT2D eigenvalue weighted by atomic mass is 10.2. The summed E-state index contributed by atoms with van der Waals surface area (Å²) in [6.07, 6.45) is 1.21. The first-order chi connectivity index (χ1) is 3.34. The van der Waals surface area contributed by atoms with Crippen molar-refractivity contribution in [2.24, 2.45) is 10.8 Å². The van der Waals surface area contributed by atoms with E-state index in [1.165, 1.54) is 0 Å². The molecule has 1 heterocycles. The van der Waals surface area contributed by atoms with Gasteiger partial charge in [0.1, 0.15) is 0 Å². The average molecular weight is 99.1 g/mol. The molecule has 3 heteroatoms. The van der Waals surface area contributed by atoms with Gasteiger partial charge in [0.2, 0.25) is 0 Å². The lowest BCUT2D eigenvalue weighted by Crippen LogP contribution is -2.49. The highest BCUT2D eigenvalue weighted by molar-refractivity contribution is 5.22. The van der Waals surface area contributed by atoms with Crippen molar-refractivity contribution in [3.05, 3.63) is 0 Å². The SMILES string of the molecule is C=NN1CCC1N. The van der Waals surface area contributed by atoms with Gasteiger partial charge in [-0.2, -0.15) is 5.10 Å². The van der Waals surface area contributed by atoms with Crippen molar-refractivity contribution >= 4 is 6.72 Å². The van der Waals surface area contributed by atoms with E-state index in [-0.39, 0.29) is 6.17 Å². The molecule has 3 nitrogen and oxygen atoms in total. The first kappa shape index (κ1) is 4.59. The number of rotatable bonds is 1. The van der Waals surface area contributed by atoms with Crippen LogP contribution < -0.4 is 5.73 Å². The van der Waals surface area contributed by atoms with Gasteiger partial charge in [-0.3, -0.25) is 5.01 Å². The first-order valence-corrected chi connectivity index (χ1v) is 2.33. The Morgan fingerprint density at radius 1 is 1.86 bits per heavy atom. The van der Waals surface area contributed by atoms with Crippen LogP contribution in [0.25, 0.3) is 0 Å². The van der Waals surface area contributed by atoms with E-state index in [2.05, 4.69) is 11.8 Å². The minimum absolute atomic E-state index is 0.150. The third-order valence-corrected chi connectivity index (χ3v) is 1.22. The summed E-state index contributed by atoms with van der Waals surface area (Å²) in [5, 5.41) is 5.40. The van der Waals surface area contributed by atoms with E-state index in [4.69, 9.17) is 5.73 Å². The van der Waals surface area contributed by atoms with Crippen molar-refractivity contribution < 1.29 is 0 Å². The second kappa shape index (κ2) is 1.50. The van der Waals surface area contributed by atoms with E-state index in [9.17, 15) is 0 Å². The molecule has 1 unspecified atom stereocenters. The molecule has 0 radical (unpaired) electrons. The Morgan fingerprint density at radius 3 is 2.57 bits per heavy atom. The van der Waals surface area contributed by atoms with Gasteiger partial charge >= 0.3 is 0 Å². The van der Waals surface area contributed by atoms with Crippen LogP contribution in [0.1, 0.15) is 6.42 Å². The number of nitrogens with zero attached hydrogens (tertiary/aromatic N) is 2. The predicted octanol–water partition coefficient (Wildman–Crippen LogP) is -0.407. The molecule has 0 bridgehead atoms. The average Bonchev–Trinajstić information content (AvgIpc) is 1.65. The molecule has 1 atom stereocenters. The molecule has 1 fully saturated rings. The third-order valence-electron chi connectivity index (χ3n) is 1.22. The molecular weight excluding hydrogens is 90.1 g/mol. The zero-order valence-corrected chi connectivity index (χ0v) is 4.17. The normalized spacial score (nSPS) is 29.3. The molecule has 1 aliphatic heterocycles. The molecule has 2 N–H and O–H groups in total. The van der Waals surface area contributed by atoms with Crippen LogP contribution >= 0.6 is 0 Å². The Balaban J connectivity index is 2.28. The maximum Gasteiger partial charge on any atom is 0.0956 e. The zero-order chi connectivity index (χ0) is 5.28. The molecule has 0 aliphatic carbocycles. The highest BCUT2D eigenvalue weighted by Crippen LogP contribution is 2.10. The van der Waals surface area contributed by atoms with Crippen LogP contribution in [0.15, 0.2) is 5.10 Å². The van der Waals surface area contributed by atoms with Gasteiger partial charge < -0.3 is 5.73 Å². The van der Waals surface area contributed by atoms with Gasteiger partial charge in [0.05, 0.1) is 6.17 Å². The fraction of sp³-hybridized carbons (Fsp3) is 0.750. The molecule has 0 spiro atoms. The molecule has 0 saturated carbocycles. The van der Waals surface area contributed by atoms with Gasteiger partial charge in [-0.25, -0.2) is 0 Å². The van der Waals surface area contributed by atoms with Crippen LogP contribution in [0.3, 0.4) is 0 Å². The number of hydrogen-bond donors (Lipinski definition) is 1. The summed E-state index contributed by atoms with van der Waals surface area (Å²) >= 11 is 0. The molecule has 7 heavy (non-hydrogen) atoms. The Labute approximate surface area is 42.8 Å². The summed E-state index contributed by atoms with van der Waals surface area (Å²) in [6, 6.07) is 0. The summed E-state index contributed by atoms with van der Waals surface area (Å²) in [5.74, 6) is 0.